The molecule has 17 heavy (non-hydrogen) atoms. The lowest BCUT2D eigenvalue weighted by Crippen LogP contribution is -2.39. The Bertz CT molecular complexity index is 384. The van der Waals surface area contributed by atoms with Crippen LogP contribution in [0.3, 0.4) is 0 Å². The summed E-state index contributed by atoms with van der Waals surface area (Å²) in [4.78, 5) is 13.9. The number of rotatable bonds is 3. The fourth-order valence-electron chi connectivity index (χ4n) is 2.19. The van der Waals surface area contributed by atoms with Gasteiger partial charge in [0, 0.05) is 18.8 Å². The first kappa shape index (κ1) is 12.0. The number of anilines is 1. The molecule has 1 saturated heterocycles. The maximum atomic E-state index is 11.9. The lowest BCUT2D eigenvalue weighted by atomic mass is 10.1. The highest BCUT2D eigenvalue weighted by atomic mass is 16.2. The molecule has 1 aromatic rings. The Morgan fingerprint density at radius 1 is 1.29 bits per heavy atom. The Balaban J connectivity index is 1.83. The summed E-state index contributed by atoms with van der Waals surface area (Å²) in [6.07, 6.45) is 3.56. The smallest absolute Gasteiger partial charge is 0.241 e. The van der Waals surface area contributed by atoms with E-state index in [-0.39, 0.29) is 5.91 Å². The summed E-state index contributed by atoms with van der Waals surface area (Å²) in [6, 6.07) is 8.11. The highest BCUT2D eigenvalue weighted by Gasteiger charge is 2.15. The van der Waals surface area contributed by atoms with Crippen LogP contribution in [0.5, 0.6) is 0 Å². The molecule has 1 amide bonds. The third-order valence-corrected chi connectivity index (χ3v) is 3.17. The second kappa shape index (κ2) is 5.71. The Morgan fingerprint density at radius 3 is 2.76 bits per heavy atom. The fourth-order valence-corrected chi connectivity index (χ4v) is 2.19. The van der Waals surface area contributed by atoms with Crippen LogP contribution in [0.2, 0.25) is 0 Å². The van der Waals surface area contributed by atoms with Crippen LogP contribution in [0, 0.1) is 6.92 Å². The Morgan fingerprint density at radius 2 is 2.06 bits per heavy atom. The van der Waals surface area contributed by atoms with Crippen LogP contribution in [-0.4, -0.2) is 30.4 Å². The van der Waals surface area contributed by atoms with Crippen LogP contribution in [0.1, 0.15) is 24.8 Å². The van der Waals surface area contributed by atoms with Crippen molar-refractivity contribution in [3.63, 3.8) is 0 Å². The molecule has 0 atom stereocenters. The van der Waals surface area contributed by atoms with Gasteiger partial charge in [-0.25, -0.2) is 0 Å². The lowest BCUT2D eigenvalue weighted by Gasteiger charge is -2.26. The van der Waals surface area contributed by atoms with Gasteiger partial charge in [-0.05, 0) is 43.9 Å². The molecule has 0 aromatic heterocycles. The molecule has 92 valence electrons. The third kappa shape index (κ3) is 3.48. The number of hydrogen-bond acceptors (Lipinski definition) is 2. The van der Waals surface area contributed by atoms with Gasteiger partial charge in [0.2, 0.25) is 5.91 Å². The molecule has 1 aromatic carbocycles. The van der Waals surface area contributed by atoms with E-state index in [1.807, 2.05) is 17.0 Å². The molecule has 3 heteroatoms. The van der Waals surface area contributed by atoms with E-state index in [0.29, 0.717) is 6.54 Å². The molecule has 1 heterocycles. The van der Waals surface area contributed by atoms with Crippen molar-refractivity contribution in [1.29, 1.82) is 0 Å². The molecule has 0 unspecified atom stereocenters. The average Bonchev–Trinajstić information content (AvgIpc) is 2.37. The highest BCUT2D eigenvalue weighted by Crippen LogP contribution is 2.11. The standard InChI is InChI=1S/C14H20N2O/c1-12-6-5-7-13(10-12)15-11-14(17)16-8-3-2-4-9-16/h5-7,10,15H,2-4,8-9,11H2,1H3. The molecule has 1 aliphatic heterocycles. The van der Waals surface area contributed by atoms with Gasteiger partial charge in [-0.15, -0.1) is 0 Å². The Kier molecular flexibility index (Phi) is 4.02. The van der Waals surface area contributed by atoms with Crippen LogP contribution >= 0.6 is 0 Å². The van der Waals surface area contributed by atoms with Crippen LogP contribution in [-0.2, 0) is 4.79 Å². The molecular formula is C14H20N2O. The number of hydrogen-bond donors (Lipinski definition) is 1. The molecule has 0 aliphatic carbocycles. The predicted molar refractivity (Wildman–Crippen MR) is 70.1 cm³/mol. The van der Waals surface area contributed by atoms with E-state index in [1.54, 1.807) is 0 Å². The number of nitrogens with zero attached hydrogens (tertiary/aromatic N) is 1. The molecule has 0 radical (unpaired) electrons. The third-order valence-electron chi connectivity index (χ3n) is 3.17. The molecule has 0 saturated carbocycles. The Hall–Kier alpha value is -1.51. The van der Waals surface area contributed by atoms with E-state index in [0.717, 1.165) is 31.6 Å². The summed E-state index contributed by atoms with van der Waals surface area (Å²) in [7, 11) is 0. The number of benzene rings is 1. The van der Waals surface area contributed by atoms with Crippen molar-refractivity contribution in [3.8, 4) is 0 Å². The maximum Gasteiger partial charge on any atom is 0.241 e. The second-order valence-electron chi connectivity index (χ2n) is 4.66. The zero-order valence-electron chi connectivity index (χ0n) is 10.4. The minimum atomic E-state index is 0.214. The van der Waals surface area contributed by atoms with Crippen molar-refractivity contribution in [3.05, 3.63) is 29.8 Å². The lowest BCUT2D eigenvalue weighted by molar-refractivity contribution is -0.130. The van der Waals surface area contributed by atoms with Gasteiger partial charge in [-0.3, -0.25) is 4.79 Å². The maximum absolute atomic E-state index is 11.9. The van der Waals surface area contributed by atoms with Gasteiger partial charge in [0.15, 0.2) is 0 Å². The molecular weight excluding hydrogens is 212 g/mol. The average molecular weight is 232 g/mol. The predicted octanol–water partition coefficient (Wildman–Crippen LogP) is 2.42. The summed E-state index contributed by atoms with van der Waals surface area (Å²) in [6.45, 7) is 4.31. The van der Waals surface area contributed by atoms with Gasteiger partial charge in [0.25, 0.3) is 0 Å². The first-order valence-electron chi connectivity index (χ1n) is 6.34. The van der Waals surface area contributed by atoms with E-state index < -0.39 is 0 Å². The summed E-state index contributed by atoms with van der Waals surface area (Å²) in [5, 5.41) is 3.19. The van der Waals surface area contributed by atoms with Crippen molar-refractivity contribution in [2.75, 3.05) is 25.0 Å². The largest absolute Gasteiger partial charge is 0.376 e. The molecule has 3 nitrogen and oxygen atoms in total. The van der Waals surface area contributed by atoms with Gasteiger partial charge < -0.3 is 10.2 Å². The zero-order valence-corrected chi connectivity index (χ0v) is 10.4. The number of piperidine rings is 1. The van der Waals surface area contributed by atoms with Crippen LogP contribution in [0.25, 0.3) is 0 Å². The molecule has 0 bridgehead atoms. The minimum Gasteiger partial charge on any atom is -0.376 e. The van der Waals surface area contributed by atoms with E-state index >= 15 is 0 Å². The molecule has 1 N–H and O–H groups in total. The van der Waals surface area contributed by atoms with Gasteiger partial charge in [-0.2, -0.15) is 0 Å². The number of carbonyl (C=O) groups is 1. The minimum absolute atomic E-state index is 0.214. The second-order valence-corrected chi connectivity index (χ2v) is 4.66. The van der Waals surface area contributed by atoms with Crippen LogP contribution in [0.4, 0.5) is 5.69 Å². The number of aryl methyl sites for hydroxylation is 1. The zero-order chi connectivity index (χ0) is 12.1. The summed E-state index contributed by atoms with van der Waals surface area (Å²) in [5.41, 5.74) is 2.23. The van der Waals surface area contributed by atoms with Crippen LogP contribution in [0.15, 0.2) is 24.3 Å². The van der Waals surface area contributed by atoms with E-state index in [2.05, 4.69) is 24.4 Å². The fraction of sp³-hybridized carbons (Fsp3) is 0.500. The number of nitrogens with one attached hydrogen (secondary N) is 1. The highest BCUT2D eigenvalue weighted by molar-refractivity contribution is 5.80. The van der Waals surface area contributed by atoms with Crippen molar-refractivity contribution < 1.29 is 4.79 Å². The van der Waals surface area contributed by atoms with Gasteiger partial charge in [-0.1, -0.05) is 12.1 Å². The molecule has 0 spiro atoms. The van der Waals surface area contributed by atoms with Crippen molar-refractivity contribution in [2.45, 2.75) is 26.2 Å². The first-order valence-corrected chi connectivity index (χ1v) is 6.34. The molecule has 1 fully saturated rings. The number of likely N-dealkylation sites (tertiary alicyclic amines) is 1. The van der Waals surface area contributed by atoms with Crippen molar-refractivity contribution in [1.82, 2.24) is 4.90 Å². The van der Waals surface area contributed by atoms with Crippen LogP contribution < -0.4 is 5.32 Å². The first-order chi connectivity index (χ1) is 8.25. The summed E-state index contributed by atoms with van der Waals surface area (Å²) >= 11 is 0. The van der Waals surface area contributed by atoms with Crippen molar-refractivity contribution in [2.24, 2.45) is 0 Å². The number of carbonyl (C=O) groups excluding carboxylic acids is 1. The van der Waals surface area contributed by atoms with E-state index in [4.69, 9.17) is 0 Å². The normalized spacial score (nSPS) is 15.7. The monoisotopic (exact) mass is 232 g/mol. The topological polar surface area (TPSA) is 32.3 Å². The van der Waals surface area contributed by atoms with E-state index in [9.17, 15) is 4.79 Å². The summed E-state index contributed by atoms with van der Waals surface area (Å²) in [5.74, 6) is 0.214. The summed E-state index contributed by atoms with van der Waals surface area (Å²) < 4.78 is 0. The Labute approximate surface area is 103 Å². The molecule has 1 aliphatic rings. The SMILES string of the molecule is Cc1cccc(NCC(=O)N2CCCCC2)c1. The quantitative estimate of drug-likeness (QED) is 0.868. The van der Waals surface area contributed by atoms with E-state index in [1.165, 1.54) is 12.0 Å². The number of amides is 1. The molecule has 2 rings (SSSR count). The van der Waals surface area contributed by atoms with Gasteiger partial charge in [0.05, 0.1) is 6.54 Å². The van der Waals surface area contributed by atoms with Gasteiger partial charge in [0.1, 0.15) is 0 Å². The van der Waals surface area contributed by atoms with Gasteiger partial charge >= 0.3 is 0 Å². The van der Waals surface area contributed by atoms with Crippen molar-refractivity contribution >= 4 is 11.6 Å².